The summed E-state index contributed by atoms with van der Waals surface area (Å²) in [5.74, 6) is 0.626. The predicted octanol–water partition coefficient (Wildman–Crippen LogP) is 4.42. The molecule has 0 radical (unpaired) electrons. The maximum atomic E-state index is 12.6. The summed E-state index contributed by atoms with van der Waals surface area (Å²) in [4.78, 5) is 21.1. The molecule has 0 atom stereocenters. The van der Waals surface area contributed by atoms with Gasteiger partial charge in [-0.3, -0.25) is 4.79 Å². The monoisotopic (exact) mass is 400 g/mol. The van der Waals surface area contributed by atoms with Gasteiger partial charge in [0.05, 0.1) is 10.6 Å². The molecular formula is C22H29ClN4O. The topological polar surface area (TPSA) is 48.5 Å². The van der Waals surface area contributed by atoms with Crippen molar-refractivity contribution in [3.05, 3.63) is 58.2 Å². The smallest absolute Gasteiger partial charge is 0.255 e. The standard InChI is InChI=1S/C22H29ClN4O/c1-3-26(2)16-18-9-7-8-17(12-18)14-24-21-20(23)13-19(15-25-21)22(28)27-10-5-4-6-11-27/h7-9,12-13,15H,3-6,10-11,14,16H2,1-2H3,(H,24,25). The molecule has 0 spiro atoms. The van der Waals surface area contributed by atoms with Crippen molar-refractivity contribution in [2.24, 2.45) is 0 Å². The first-order valence-electron chi connectivity index (χ1n) is 10.0. The molecule has 5 nitrogen and oxygen atoms in total. The van der Waals surface area contributed by atoms with Gasteiger partial charge in [-0.1, -0.05) is 42.8 Å². The van der Waals surface area contributed by atoms with Crippen LogP contribution in [0.15, 0.2) is 36.5 Å². The third-order valence-electron chi connectivity index (χ3n) is 5.18. The molecule has 1 N–H and O–H groups in total. The first kappa shape index (κ1) is 20.6. The van der Waals surface area contributed by atoms with Crippen LogP contribution in [0, 0.1) is 0 Å². The highest BCUT2D eigenvalue weighted by Crippen LogP contribution is 2.23. The maximum absolute atomic E-state index is 12.6. The van der Waals surface area contributed by atoms with Crippen molar-refractivity contribution in [3.8, 4) is 0 Å². The molecule has 0 bridgehead atoms. The van der Waals surface area contributed by atoms with Gasteiger partial charge in [-0.2, -0.15) is 0 Å². The molecule has 0 unspecified atom stereocenters. The number of halogens is 1. The normalized spacial score (nSPS) is 14.4. The van der Waals surface area contributed by atoms with E-state index in [0.717, 1.165) is 39.0 Å². The van der Waals surface area contributed by atoms with Gasteiger partial charge in [-0.05, 0) is 50.0 Å². The average Bonchev–Trinajstić information content (AvgIpc) is 2.73. The number of nitrogens with zero attached hydrogens (tertiary/aromatic N) is 3. The Morgan fingerprint density at radius 3 is 2.68 bits per heavy atom. The van der Waals surface area contributed by atoms with E-state index in [9.17, 15) is 4.79 Å². The fraction of sp³-hybridized carbons (Fsp3) is 0.455. The van der Waals surface area contributed by atoms with E-state index < -0.39 is 0 Å². The molecule has 1 amide bonds. The van der Waals surface area contributed by atoms with Gasteiger partial charge in [-0.15, -0.1) is 0 Å². The van der Waals surface area contributed by atoms with Crippen LogP contribution in [0.2, 0.25) is 5.02 Å². The quantitative estimate of drug-likeness (QED) is 0.747. The van der Waals surface area contributed by atoms with Crippen molar-refractivity contribution in [2.75, 3.05) is 32.0 Å². The number of hydrogen-bond donors (Lipinski definition) is 1. The van der Waals surface area contributed by atoms with E-state index in [1.807, 2.05) is 4.90 Å². The zero-order chi connectivity index (χ0) is 19.9. The van der Waals surface area contributed by atoms with Gasteiger partial charge in [0.15, 0.2) is 0 Å². The van der Waals surface area contributed by atoms with Crippen LogP contribution >= 0.6 is 11.6 Å². The lowest BCUT2D eigenvalue weighted by atomic mass is 10.1. The van der Waals surface area contributed by atoms with E-state index in [-0.39, 0.29) is 5.91 Å². The molecule has 1 aromatic heterocycles. The van der Waals surface area contributed by atoms with Crippen LogP contribution in [-0.4, -0.2) is 47.4 Å². The molecule has 1 fully saturated rings. The zero-order valence-electron chi connectivity index (χ0n) is 16.7. The number of pyridine rings is 1. The molecule has 1 saturated heterocycles. The first-order valence-corrected chi connectivity index (χ1v) is 10.4. The van der Waals surface area contributed by atoms with E-state index in [4.69, 9.17) is 11.6 Å². The minimum absolute atomic E-state index is 0.0217. The minimum Gasteiger partial charge on any atom is -0.365 e. The second-order valence-corrected chi connectivity index (χ2v) is 7.82. The Hall–Kier alpha value is -2.11. The van der Waals surface area contributed by atoms with Gasteiger partial charge in [0.1, 0.15) is 5.82 Å². The third kappa shape index (κ3) is 5.46. The summed E-state index contributed by atoms with van der Waals surface area (Å²) in [5.41, 5.74) is 3.01. The van der Waals surface area contributed by atoms with Gasteiger partial charge in [0, 0.05) is 32.4 Å². The summed E-state index contributed by atoms with van der Waals surface area (Å²) < 4.78 is 0. The lowest BCUT2D eigenvalue weighted by molar-refractivity contribution is 0.0724. The number of anilines is 1. The average molecular weight is 401 g/mol. The SMILES string of the molecule is CCN(C)Cc1cccc(CNc2ncc(C(=O)N3CCCCC3)cc2Cl)c1. The molecule has 0 saturated carbocycles. The lowest BCUT2D eigenvalue weighted by Gasteiger charge is -2.26. The largest absolute Gasteiger partial charge is 0.365 e. The summed E-state index contributed by atoms with van der Waals surface area (Å²) >= 11 is 6.40. The van der Waals surface area contributed by atoms with E-state index in [0.29, 0.717) is 22.9 Å². The van der Waals surface area contributed by atoms with Crippen molar-refractivity contribution < 1.29 is 4.79 Å². The fourth-order valence-corrected chi connectivity index (χ4v) is 3.64. The number of likely N-dealkylation sites (tertiary alicyclic amines) is 1. The molecule has 28 heavy (non-hydrogen) atoms. The summed E-state index contributed by atoms with van der Waals surface area (Å²) in [6, 6.07) is 10.2. The second kappa shape index (κ2) is 9.89. The van der Waals surface area contributed by atoms with E-state index in [2.05, 4.69) is 53.4 Å². The van der Waals surface area contributed by atoms with Crippen molar-refractivity contribution in [1.82, 2.24) is 14.8 Å². The Balaban J connectivity index is 1.62. The molecule has 1 aromatic carbocycles. The van der Waals surface area contributed by atoms with Crippen molar-refractivity contribution in [1.29, 1.82) is 0 Å². The highest BCUT2D eigenvalue weighted by atomic mass is 35.5. The van der Waals surface area contributed by atoms with Crippen LogP contribution < -0.4 is 5.32 Å². The van der Waals surface area contributed by atoms with Gasteiger partial charge in [-0.25, -0.2) is 4.98 Å². The number of hydrogen-bond acceptors (Lipinski definition) is 4. The fourth-order valence-electron chi connectivity index (χ4n) is 3.41. The number of piperidine rings is 1. The molecule has 2 heterocycles. The van der Waals surface area contributed by atoms with E-state index in [1.165, 1.54) is 17.5 Å². The third-order valence-corrected chi connectivity index (χ3v) is 5.46. The number of carbonyl (C=O) groups excluding carboxylic acids is 1. The van der Waals surface area contributed by atoms with Crippen LogP contribution in [0.1, 0.15) is 47.7 Å². The number of benzene rings is 1. The second-order valence-electron chi connectivity index (χ2n) is 7.41. The van der Waals surface area contributed by atoms with Crippen LogP contribution in [0.5, 0.6) is 0 Å². The molecule has 2 aromatic rings. The molecule has 1 aliphatic rings. The van der Waals surface area contributed by atoms with Crippen molar-refractivity contribution in [2.45, 2.75) is 39.3 Å². The Bertz CT molecular complexity index is 805. The molecule has 3 rings (SSSR count). The number of rotatable bonds is 7. The first-order chi connectivity index (χ1) is 13.6. The molecule has 1 aliphatic heterocycles. The van der Waals surface area contributed by atoms with Crippen molar-refractivity contribution in [3.63, 3.8) is 0 Å². The van der Waals surface area contributed by atoms with Gasteiger partial charge < -0.3 is 15.1 Å². The van der Waals surface area contributed by atoms with Crippen LogP contribution in [0.3, 0.4) is 0 Å². The lowest BCUT2D eigenvalue weighted by Crippen LogP contribution is -2.35. The van der Waals surface area contributed by atoms with Crippen molar-refractivity contribution >= 4 is 23.3 Å². The zero-order valence-corrected chi connectivity index (χ0v) is 17.5. The van der Waals surface area contributed by atoms with Gasteiger partial charge in [0.25, 0.3) is 5.91 Å². The summed E-state index contributed by atoms with van der Waals surface area (Å²) in [6.45, 7) is 6.37. The van der Waals surface area contributed by atoms with Gasteiger partial charge >= 0.3 is 0 Å². The highest BCUT2D eigenvalue weighted by Gasteiger charge is 2.19. The van der Waals surface area contributed by atoms with Crippen LogP contribution in [-0.2, 0) is 13.1 Å². The predicted molar refractivity (Wildman–Crippen MR) is 115 cm³/mol. The molecule has 0 aliphatic carbocycles. The Morgan fingerprint density at radius 2 is 1.96 bits per heavy atom. The Labute approximate surface area is 172 Å². The minimum atomic E-state index is 0.0217. The Morgan fingerprint density at radius 1 is 1.21 bits per heavy atom. The summed E-state index contributed by atoms with van der Waals surface area (Å²) in [6.07, 6.45) is 4.96. The molecule has 150 valence electrons. The molecular weight excluding hydrogens is 372 g/mol. The highest BCUT2D eigenvalue weighted by molar-refractivity contribution is 6.33. The number of nitrogens with one attached hydrogen (secondary N) is 1. The van der Waals surface area contributed by atoms with Crippen LogP contribution in [0.25, 0.3) is 0 Å². The summed E-state index contributed by atoms with van der Waals surface area (Å²) in [7, 11) is 2.11. The Kier molecular flexibility index (Phi) is 7.29. The summed E-state index contributed by atoms with van der Waals surface area (Å²) in [5, 5.41) is 3.76. The molecule has 6 heteroatoms. The van der Waals surface area contributed by atoms with Crippen LogP contribution in [0.4, 0.5) is 5.82 Å². The maximum Gasteiger partial charge on any atom is 0.255 e. The number of amides is 1. The van der Waals surface area contributed by atoms with E-state index >= 15 is 0 Å². The van der Waals surface area contributed by atoms with Gasteiger partial charge in [0.2, 0.25) is 0 Å². The van der Waals surface area contributed by atoms with E-state index in [1.54, 1.807) is 12.3 Å². The number of aromatic nitrogens is 1. The number of carbonyl (C=O) groups is 1.